The molecule has 0 aliphatic heterocycles. The Morgan fingerprint density at radius 3 is 2.72 bits per heavy atom. The molecule has 0 aromatic carbocycles. The van der Waals surface area contributed by atoms with Gasteiger partial charge in [0.05, 0.1) is 0 Å². The lowest BCUT2D eigenvalue weighted by atomic mass is 10.0. The minimum atomic E-state index is -0.978. The SMILES string of the molecule is CCC(C)N(CC(=O)O)C(=O)NC1CC=CCC1. The van der Waals surface area contributed by atoms with Gasteiger partial charge in [-0.25, -0.2) is 4.79 Å². The summed E-state index contributed by atoms with van der Waals surface area (Å²) in [5.41, 5.74) is 0. The molecule has 0 spiro atoms. The predicted molar refractivity (Wildman–Crippen MR) is 69.4 cm³/mol. The van der Waals surface area contributed by atoms with Gasteiger partial charge in [-0.05, 0) is 32.6 Å². The highest BCUT2D eigenvalue weighted by molar-refractivity contribution is 5.80. The van der Waals surface area contributed by atoms with Gasteiger partial charge in [0.2, 0.25) is 0 Å². The molecule has 0 aromatic rings. The molecule has 1 aliphatic rings. The number of carboxylic acids is 1. The van der Waals surface area contributed by atoms with Gasteiger partial charge in [0.15, 0.2) is 0 Å². The number of rotatable bonds is 5. The fourth-order valence-electron chi connectivity index (χ4n) is 1.98. The Morgan fingerprint density at radius 1 is 1.50 bits per heavy atom. The average Bonchev–Trinajstić information content (AvgIpc) is 2.36. The van der Waals surface area contributed by atoms with Crippen molar-refractivity contribution in [1.29, 1.82) is 0 Å². The molecule has 102 valence electrons. The molecule has 5 nitrogen and oxygen atoms in total. The molecule has 2 unspecified atom stereocenters. The van der Waals surface area contributed by atoms with Crippen molar-refractivity contribution >= 4 is 12.0 Å². The second-order valence-corrected chi connectivity index (χ2v) is 4.71. The second-order valence-electron chi connectivity index (χ2n) is 4.71. The van der Waals surface area contributed by atoms with Crippen LogP contribution >= 0.6 is 0 Å². The first-order valence-electron chi connectivity index (χ1n) is 6.48. The number of urea groups is 1. The van der Waals surface area contributed by atoms with Crippen LogP contribution in [0.4, 0.5) is 4.79 Å². The molecule has 1 aliphatic carbocycles. The predicted octanol–water partition coefficient (Wildman–Crippen LogP) is 1.99. The van der Waals surface area contributed by atoms with Crippen LogP contribution in [0.15, 0.2) is 12.2 Å². The van der Waals surface area contributed by atoms with Crippen molar-refractivity contribution in [1.82, 2.24) is 10.2 Å². The van der Waals surface area contributed by atoms with Gasteiger partial charge in [-0.2, -0.15) is 0 Å². The van der Waals surface area contributed by atoms with Crippen molar-refractivity contribution in [2.45, 2.75) is 51.6 Å². The number of carbonyl (C=O) groups is 2. The van der Waals surface area contributed by atoms with E-state index < -0.39 is 5.97 Å². The molecule has 18 heavy (non-hydrogen) atoms. The highest BCUT2D eigenvalue weighted by Crippen LogP contribution is 2.12. The van der Waals surface area contributed by atoms with Gasteiger partial charge < -0.3 is 15.3 Å². The third-order valence-corrected chi connectivity index (χ3v) is 3.29. The molecule has 0 heterocycles. The topological polar surface area (TPSA) is 69.6 Å². The van der Waals surface area contributed by atoms with Gasteiger partial charge in [0.1, 0.15) is 6.54 Å². The van der Waals surface area contributed by atoms with Gasteiger partial charge in [0, 0.05) is 12.1 Å². The molecule has 2 atom stereocenters. The molecule has 0 aromatic heterocycles. The molecule has 1 rings (SSSR count). The summed E-state index contributed by atoms with van der Waals surface area (Å²) >= 11 is 0. The number of allylic oxidation sites excluding steroid dienone is 1. The average molecular weight is 254 g/mol. The quantitative estimate of drug-likeness (QED) is 0.737. The van der Waals surface area contributed by atoms with E-state index in [1.165, 1.54) is 4.90 Å². The van der Waals surface area contributed by atoms with Gasteiger partial charge in [-0.1, -0.05) is 19.1 Å². The first-order valence-corrected chi connectivity index (χ1v) is 6.48. The Morgan fingerprint density at radius 2 is 2.22 bits per heavy atom. The lowest BCUT2D eigenvalue weighted by Gasteiger charge is -2.30. The van der Waals surface area contributed by atoms with Crippen LogP contribution in [0, 0.1) is 0 Å². The van der Waals surface area contributed by atoms with Crippen molar-refractivity contribution in [3.8, 4) is 0 Å². The maximum absolute atomic E-state index is 12.1. The number of nitrogens with zero attached hydrogens (tertiary/aromatic N) is 1. The van der Waals surface area contributed by atoms with E-state index in [-0.39, 0.29) is 24.7 Å². The van der Waals surface area contributed by atoms with Crippen LogP contribution in [0.25, 0.3) is 0 Å². The lowest BCUT2D eigenvalue weighted by molar-refractivity contribution is -0.138. The number of carbonyl (C=O) groups excluding carboxylic acids is 1. The van der Waals surface area contributed by atoms with Crippen LogP contribution in [0.3, 0.4) is 0 Å². The zero-order chi connectivity index (χ0) is 13.5. The Hall–Kier alpha value is -1.52. The largest absolute Gasteiger partial charge is 0.480 e. The molecule has 0 fully saturated rings. The lowest BCUT2D eigenvalue weighted by Crippen LogP contribution is -2.50. The summed E-state index contributed by atoms with van der Waals surface area (Å²) in [6, 6.07) is -0.213. The number of nitrogens with one attached hydrogen (secondary N) is 1. The van der Waals surface area contributed by atoms with Crippen molar-refractivity contribution in [2.24, 2.45) is 0 Å². The number of amides is 2. The Kier molecular flexibility index (Phi) is 5.68. The molecule has 2 amide bonds. The third-order valence-electron chi connectivity index (χ3n) is 3.29. The van der Waals surface area contributed by atoms with Crippen molar-refractivity contribution in [2.75, 3.05) is 6.54 Å². The minimum Gasteiger partial charge on any atom is -0.480 e. The molecule has 0 bridgehead atoms. The maximum Gasteiger partial charge on any atom is 0.323 e. The molecule has 0 radical (unpaired) electrons. The molecule has 0 saturated carbocycles. The van der Waals surface area contributed by atoms with Crippen LogP contribution in [-0.4, -0.2) is 40.6 Å². The van der Waals surface area contributed by atoms with Crippen LogP contribution in [-0.2, 0) is 4.79 Å². The van der Waals surface area contributed by atoms with Gasteiger partial charge in [-0.15, -0.1) is 0 Å². The van der Waals surface area contributed by atoms with E-state index in [4.69, 9.17) is 5.11 Å². The molecule has 0 saturated heterocycles. The minimum absolute atomic E-state index is 0.0692. The van der Waals surface area contributed by atoms with E-state index in [0.717, 1.165) is 25.7 Å². The number of hydrogen-bond donors (Lipinski definition) is 2. The van der Waals surface area contributed by atoms with E-state index >= 15 is 0 Å². The summed E-state index contributed by atoms with van der Waals surface area (Å²) in [5, 5.41) is 11.8. The summed E-state index contributed by atoms with van der Waals surface area (Å²) < 4.78 is 0. The monoisotopic (exact) mass is 254 g/mol. The zero-order valence-electron chi connectivity index (χ0n) is 11.1. The van der Waals surface area contributed by atoms with Crippen LogP contribution in [0.2, 0.25) is 0 Å². The first-order chi connectivity index (χ1) is 8.54. The van der Waals surface area contributed by atoms with Gasteiger partial charge in [-0.3, -0.25) is 4.79 Å². The van der Waals surface area contributed by atoms with E-state index in [9.17, 15) is 9.59 Å². The fraction of sp³-hybridized carbons (Fsp3) is 0.692. The number of hydrogen-bond acceptors (Lipinski definition) is 2. The Balaban J connectivity index is 2.57. The van der Waals surface area contributed by atoms with Gasteiger partial charge >= 0.3 is 12.0 Å². The zero-order valence-corrected chi connectivity index (χ0v) is 11.1. The fourth-order valence-corrected chi connectivity index (χ4v) is 1.98. The standard InChI is InChI=1S/C13H22N2O3/c1-3-10(2)15(9-12(16)17)13(18)14-11-7-5-4-6-8-11/h4-5,10-11H,3,6-9H2,1-2H3,(H,14,18)(H,16,17). The normalized spacial score (nSPS) is 20.2. The molecular weight excluding hydrogens is 232 g/mol. The van der Waals surface area contributed by atoms with E-state index in [1.807, 2.05) is 13.8 Å². The van der Waals surface area contributed by atoms with Crippen molar-refractivity contribution < 1.29 is 14.7 Å². The number of aliphatic carboxylic acids is 1. The van der Waals surface area contributed by atoms with Gasteiger partial charge in [0.25, 0.3) is 0 Å². The highest BCUT2D eigenvalue weighted by atomic mass is 16.4. The van der Waals surface area contributed by atoms with Crippen molar-refractivity contribution in [3.63, 3.8) is 0 Å². The molecule has 2 N–H and O–H groups in total. The summed E-state index contributed by atoms with van der Waals surface area (Å²) in [6.07, 6.45) is 7.61. The highest BCUT2D eigenvalue weighted by Gasteiger charge is 2.23. The van der Waals surface area contributed by atoms with Crippen LogP contribution in [0.5, 0.6) is 0 Å². The smallest absolute Gasteiger partial charge is 0.323 e. The molecular formula is C13H22N2O3. The molecule has 5 heteroatoms. The van der Waals surface area contributed by atoms with Crippen LogP contribution < -0.4 is 5.32 Å². The van der Waals surface area contributed by atoms with Crippen molar-refractivity contribution in [3.05, 3.63) is 12.2 Å². The summed E-state index contributed by atoms with van der Waals surface area (Å²) in [7, 11) is 0. The van der Waals surface area contributed by atoms with E-state index in [1.54, 1.807) is 0 Å². The second kappa shape index (κ2) is 7.03. The first kappa shape index (κ1) is 14.5. The van der Waals surface area contributed by atoms with E-state index in [2.05, 4.69) is 17.5 Å². The third kappa shape index (κ3) is 4.39. The summed E-state index contributed by atoms with van der Waals surface area (Å²) in [5.74, 6) is -0.978. The van der Waals surface area contributed by atoms with Crippen LogP contribution in [0.1, 0.15) is 39.5 Å². The Bertz CT molecular complexity index is 328. The maximum atomic E-state index is 12.1. The van der Waals surface area contributed by atoms with E-state index in [0.29, 0.717) is 0 Å². The summed E-state index contributed by atoms with van der Waals surface area (Å²) in [4.78, 5) is 24.3. The summed E-state index contributed by atoms with van der Waals surface area (Å²) in [6.45, 7) is 3.56. The number of carboxylic acid groups (broad SMARTS) is 1. The Labute approximate surface area is 108 Å².